The fourth-order valence-corrected chi connectivity index (χ4v) is 3.81. The number of fused-ring (bicyclic) bond motifs is 1. The van der Waals surface area contributed by atoms with Crippen molar-refractivity contribution < 1.29 is 9.90 Å². The Morgan fingerprint density at radius 3 is 2.79 bits per heavy atom. The first-order valence-corrected chi connectivity index (χ1v) is 5.76. The summed E-state index contributed by atoms with van der Waals surface area (Å²) in [5.74, 6) is 0.758. The predicted molar refractivity (Wildman–Crippen MR) is 55.0 cm³/mol. The van der Waals surface area contributed by atoms with Crippen LogP contribution in [0.5, 0.6) is 0 Å². The Morgan fingerprint density at radius 2 is 2.21 bits per heavy atom. The quantitative estimate of drug-likeness (QED) is 0.700. The summed E-state index contributed by atoms with van der Waals surface area (Å²) < 4.78 is 0. The van der Waals surface area contributed by atoms with Crippen LogP contribution in [0.2, 0.25) is 0 Å². The molecule has 4 atom stereocenters. The van der Waals surface area contributed by atoms with Crippen LogP contribution in [0.25, 0.3) is 0 Å². The fraction of sp³-hybridized carbons (Fsp3) is 0.917. The summed E-state index contributed by atoms with van der Waals surface area (Å²) >= 11 is 0. The zero-order chi connectivity index (χ0) is 10.3. The number of hydrogen-bond acceptors (Lipinski definition) is 1. The van der Waals surface area contributed by atoms with Gasteiger partial charge in [-0.2, -0.15) is 0 Å². The number of carboxylic acid groups (broad SMARTS) is 1. The molecule has 0 bridgehead atoms. The van der Waals surface area contributed by atoms with Crippen molar-refractivity contribution in [3.05, 3.63) is 0 Å². The highest BCUT2D eigenvalue weighted by atomic mass is 16.4. The Balaban J connectivity index is 2.16. The first-order valence-electron chi connectivity index (χ1n) is 5.76. The van der Waals surface area contributed by atoms with E-state index in [0.717, 1.165) is 18.8 Å². The van der Waals surface area contributed by atoms with E-state index in [0.29, 0.717) is 11.3 Å². The number of rotatable bonds is 1. The van der Waals surface area contributed by atoms with Crippen molar-refractivity contribution in [2.45, 2.75) is 46.0 Å². The smallest absolute Gasteiger partial charge is 0.306 e. The largest absolute Gasteiger partial charge is 0.481 e. The summed E-state index contributed by atoms with van der Waals surface area (Å²) in [5.41, 5.74) is 0.334. The predicted octanol–water partition coefficient (Wildman–Crippen LogP) is 2.92. The summed E-state index contributed by atoms with van der Waals surface area (Å²) in [6, 6.07) is 0. The lowest BCUT2D eigenvalue weighted by Gasteiger charge is -2.40. The van der Waals surface area contributed by atoms with Gasteiger partial charge in [0.25, 0.3) is 0 Å². The second-order valence-corrected chi connectivity index (χ2v) is 5.61. The summed E-state index contributed by atoms with van der Waals surface area (Å²) in [6.45, 7) is 4.60. The van der Waals surface area contributed by atoms with E-state index < -0.39 is 5.97 Å². The Morgan fingerprint density at radius 1 is 1.50 bits per heavy atom. The van der Waals surface area contributed by atoms with E-state index in [1.54, 1.807) is 0 Å². The Hall–Kier alpha value is -0.530. The number of carboxylic acids is 1. The molecule has 2 fully saturated rings. The highest BCUT2D eigenvalue weighted by molar-refractivity contribution is 5.70. The molecule has 14 heavy (non-hydrogen) atoms. The lowest BCUT2D eigenvalue weighted by atomic mass is 9.65. The third-order valence-corrected chi connectivity index (χ3v) is 4.59. The Kier molecular flexibility index (Phi) is 2.32. The molecular formula is C12H20O2. The first-order chi connectivity index (χ1) is 6.53. The molecule has 2 aliphatic carbocycles. The molecule has 0 heterocycles. The molecule has 0 aromatic carbocycles. The van der Waals surface area contributed by atoms with Gasteiger partial charge in [-0.15, -0.1) is 0 Å². The Labute approximate surface area is 85.7 Å². The molecule has 0 saturated heterocycles. The van der Waals surface area contributed by atoms with E-state index in [4.69, 9.17) is 5.11 Å². The molecule has 2 nitrogen and oxygen atoms in total. The van der Waals surface area contributed by atoms with E-state index in [1.165, 1.54) is 19.3 Å². The highest BCUT2D eigenvalue weighted by Crippen LogP contribution is 2.56. The van der Waals surface area contributed by atoms with Gasteiger partial charge in [-0.1, -0.05) is 26.7 Å². The summed E-state index contributed by atoms with van der Waals surface area (Å²) in [5, 5.41) is 9.06. The maximum atomic E-state index is 11.0. The van der Waals surface area contributed by atoms with Crippen molar-refractivity contribution in [2.75, 3.05) is 0 Å². The van der Waals surface area contributed by atoms with Crippen molar-refractivity contribution in [2.24, 2.45) is 23.2 Å². The van der Waals surface area contributed by atoms with Gasteiger partial charge in [-0.05, 0) is 36.5 Å². The topological polar surface area (TPSA) is 37.3 Å². The summed E-state index contributed by atoms with van der Waals surface area (Å²) in [7, 11) is 0. The monoisotopic (exact) mass is 196 g/mol. The summed E-state index contributed by atoms with van der Waals surface area (Å²) in [6.07, 6.45) is 5.67. The Bertz CT molecular complexity index is 249. The molecule has 2 saturated carbocycles. The van der Waals surface area contributed by atoms with Gasteiger partial charge >= 0.3 is 5.97 Å². The van der Waals surface area contributed by atoms with Gasteiger partial charge in [0.2, 0.25) is 0 Å². The maximum Gasteiger partial charge on any atom is 0.306 e. The third-order valence-electron chi connectivity index (χ3n) is 4.59. The number of hydrogen-bond donors (Lipinski definition) is 1. The molecular weight excluding hydrogens is 176 g/mol. The van der Waals surface area contributed by atoms with Crippen LogP contribution in [0.1, 0.15) is 46.0 Å². The number of carbonyl (C=O) groups is 1. The molecule has 0 aromatic rings. The van der Waals surface area contributed by atoms with Gasteiger partial charge in [0.1, 0.15) is 0 Å². The van der Waals surface area contributed by atoms with Crippen LogP contribution in [0.15, 0.2) is 0 Å². The average molecular weight is 196 g/mol. The molecule has 0 amide bonds. The molecule has 0 radical (unpaired) electrons. The third kappa shape index (κ3) is 1.45. The van der Waals surface area contributed by atoms with Crippen LogP contribution < -0.4 is 0 Å². The van der Waals surface area contributed by atoms with Gasteiger partial charge in [-0.25, -0.2) is 0 Å². The fourth-order valence-electron chi connectivity index (χ4n) is 3.81. The minimum absolute atomic E-state index is 0.0643. The van der Waals surface area contributed by atoms with Crippen molar-refractivity contribution in [3.8, 4) is 0 Å². The molecule has 2 heteroatoms. The van der Waals surface area contributed by atoms with Crippen molar-refractivity contribution in [1.82, 2.24) is 0 Å². The minimum atomic E-state index is -0.576. The maximum absolute atomic E-state index is 11.0. The van der Waals surface area contributed by atoms with Gasteiger partial charge in [0, 0.05) is 0 Å². The second kappa shape index (κ2) is 3.25. The van der Waals surface area contributed by atoms with E-state index in [1.807, 2.05) is 0 Å². The van der Waals surface area contributed by atoms with E-state index >= 15 is 0 Å². The van der Waals surface area contributed by atoms with Crippen LogP contribution in [0.4, 0.5) is 0 Å². The van der Waals surface area contributed by atoms with Gasteiger partial charge < -0.3 is 5.11 Å². The van der Waals surface area contributed by atoms with Crippen molar-refractivity contribution in [1.29, 1.82) is 0 Å². The van der Waals surface area contributed by atoms with Crippen LogP contribution in [0, 0.1) is 23.2 Å². The van der Waals surface area contributed by atoms with Gasteiger partial charge in [-0.3, -0.25) is 4.79 Å². The molecule has 2 aliphatic rings. The lowest BCUT2D eigenvalue weighted by Crippen LogP contribution is -2.31. The molecule has 2 rings (SSSR count). The van der Waals surface area contributed by atoms with Crippen molar-refractivity contribution >= 4 is 5.97 Å². The number of aliphatic carboxylic acids is 1. The molecule has 1 N–H and O–H groups in total. The minimum Gasteiger partial charge on any atom is -0.481 e. The standard InChI is InChI=1S/C12H20O2/c1-8-4-3-5-12(2)7-9(11(13)14)6-10(8)12/h8-10H,3-7H2,1-2H3,(H,13,14)/t8-,9-,10+,12-/m0/s1. The van der Waals surface area contributed by atoms with E-state index in [9.17, 15) is 4.79 Å². The second-order valence-electron chi connectivity index (χ2n) is 5.61. The molecule has 80 valence electrons. The lowest BCUT2D eigenvalue weighted by molar-refractivity contribution is -0.141. The van der Waals surface area contributed by atoms with E-state index in [2.05, 4.69) is 13.8 Å². The van der Waals surface area contributed by atoms with Crippen LogP contribution in [-0.2, 0) is 4.79 Å². The van der Waals surface area contributed by atoms with Crippen LogP contribution in [0.3, 0.4) is 0 Å². The van der Waals surface area contributed by atoms with Crippen LogP contribution >= 0.6 is 0 Å². The van der Waals surface area contributed by atoms with Gasteiger partial charge in [0.05, 0.1) is 5.92 Å². The molecule has 0 spiro atoms. The average Bonchev–Trinajstić information content (AvgIpc) is 2.44. The first kappa shape index (κ1) is 10.0. The zero-order valence-corrected chi connectivity index (χ0v) is 9.12. The molecule has 0 aliphatic heterocycles. The summed E-state index contributed by atoms with van der Waals surface area (Å²) in [4.78, 5) is 11.0. The molecule has 0 aromatic heterocycles. The van der Waals surface area contributed by atoms with Crippen molar-refractivity contribution in [3.63, 3.8) is 0 Å². The normalized spacial score (nSPS) is 47.4. The highest BCUT2D eigenvalue weighted by Gasteiger charge is 2.49. The van der Waals surface area contributed by atoms with Gasteiger partial charge in [0.15, 0.2) is 0 Å². The zero-order valence-electron chi connectivity index (χ0n) is 9.12. The molecule has 0 unspecified atom stereocenters. The SMILES string of the molecule is C[C@H]1CCC[C@@]2(C)C[C@@H](C(=O)O)C[C@H]12. The van der Waals surface area contributed by atoms with E-state index in [-0.39, 0.29) is 5.92 Å². The van der Waals surface area contributed by atoms with Crippen LogP contribution in [-0.4, -0.2) is 11.1 Å².